The van der Waals surface area contributed by atoms with Gasteiger partial charge in [-0.25, -0.2) is 4.79 Å². The molecule has 1 rings (SSSR count). The number of aliphatic carboxylic acids is 1. The van der Waals surface area contributed by atoms with Crippen molar-refractivity contribution < 1.29 is 19.4 Å². The van der Waals surface area contributed by atoms with Gasteiger partial charge in [0.05, 0.1) is 23.2 Å². The summed E-state index contributed by atoms with van der Waals surface area (Å²) in [6.45, 7) is 1.95. The van der Waals surface area contributed by atoms with Gasteiger partial charge >= 0.3 is 11.9 Å². The maximum Gasteiger partial charge on any atom is 0.357 e. The number of carboxylic acids is 1. The first kappa shape index (κ1) is 12.7. The molecule has 1 heterocycles. The second kappa shape index (κ2) is 5.11. The Bertz CT molecular complexity index is 427. The van der Waals surface area contributed by atoms with Crippen LogP contribution < -0.4 is 0 Å². The number of halogens is 1. The summed E-state index contributed by atoms with van der Waals surface area (Å²) < 4.78 is 6.51. The maximum absolute atomic E-state index is 11.5. The molecule has 0 unspecified atom stereocenters. The fraction of sp³-hybridized carbons (Fsp3) is 0.444. The summed E-state index contributed by atoms with van der Waals surface area (Å²) in [4.78, 5) is 22.1. The molecule has 0 atom stereocenters. The Morgan fingerprint density at radius 3 is 2.69 bits per heavy atom. The number of carboxylic acid groups (broad SMARTS) is 1. The van der Waals surface area contributed by atoms with Crippen LogP contribution in [0.4, 0.5) is 0 Å². The predicted octanol–water partition coefficient (Wildman–Crippen LogP) is 0.986. The summed E-state index contributed by atoms with van der Waals surface area (Å²) in [6, 6.07) is 0. The summed E-state index contributed by atoms with van der Waals surface area (Å²) in [5, 5.41) is 12.6. The maximum atomic E-state index is 11.5. The van der Waals surface area contributed by atoms with Crippen molar-refractivity contribution in [2.45, 2.75) is 13.3 Å². The fourth-order valence-corrected chi connectivity index (χ4v) is 1.87. The van der Waals surface area contributed by atoms with Crippen molar-refractivity contribution in [2.75, 3.05) is 6.61 Å². The van der Waals surface area contributed by atoms with E-state index in [9.17, 15) is 9.59 Å². The molecule has 0 fully saturated rings. The van der Waals surface area contributed by atoms with Gasteiger partial charge in [-0.15, -0.1) is 0 Å². The summed E-state index contributed by atoms with van der Waals surface area (Å²) in [7, 11) is 1.56. The van der Waals surface area contributed by atoms with Crippen molar-refractivity contribution >= 4 is 27.9 Å². The molecule has 1 aromatic heterocycles. The summed E-state index contributed by atoms with van der Waals surface area (Å²) in [6.07, 6.45) is -0.242. The minimum Gasteiger partial charge on any atom is -0.481 e. The van der Waals surface area contributed by atoms with Crippen molar-refractivity contribution in [1.29, 1.82) is 0 Å². The topological polar surface area (TPSA) is 81.4 Å². The van der Waals surface area contributed by atoms with E-state index in [1.165, 1.54) is 4.68 Å². The zero-order valence-corrected chi connectivity index (χ0v) is 10.4. The zero-order chi connectivity index (χ0) is 12.3. The van der Waals surface area contributed by atoms with Gasteiger partial charge in [-0.2, -0.15) is 5.10 Å². The van der Waals surface area contributed by atoms with Crippen LogP contribution in [0.1, 0.15) is 23.1 Å². The number of carbonyl (C=O) groups is 2. The molecule has 0 radical (unpaired) electrons. The minimum absolute atomic E-state index is 0.220. The second-order valence-electron chi connectivity index (χ2n) is 3.02. The van der Waals surface area contributed by atoms with Gasteiger partial charge in [0.2, 0.25) is 0 Å². The van der Waals surface area contributed by atoms with E-state index in [1.807, 2.05) is 0 Å². The average Bonchev–Trinajstić information content (AvgIpc) is 2.41. The Kier molecular flexibility index (Phi) is 4.05. The van der Waals surface area contributed by atoms with Gasteiger partial charge < -0.3 is 9.84 Å². The first-order valence-electron chi connectivity index (χ1n) is 4.57. The first-order valence-corrected chi connectivity index (χ1v) is 5.37. The molecule has 0 aliphatic carbocycles. The lowest BCUT2D eigenvalue weighted by Gasteiger charge is -2.01. The van der Waals surface area contributed by atoms with Crippen molar-refractivity contribution in [3.63, 3.8) is 0 Å². The zero-order valence-electron chi connectivity index (χ0n) is 8.86. The molecule has 0 saturated heterocycles. The monoisotopic (exact) mass is 290 g/mol. The van der Waals surface area contributed by atoms with E-state index >= 15 is 0 Å². The van der Waals surface area contributed by atoms with E-state index < -0.39 is 11.9 Å². The molecule has 0 aromatic carbocycles. The Balaban J connectivity index is 3.06. The second-order valence-corrected chi connectivity index (χ2v) is 3.82. The van der Waals surface area contributed by atoms with Gasteiger partial charge in [-0.05, 0) is 22.9 Å². The Labute approximate surface area is 100 Å². The number of aryl methyl sites for hydroxylation is 1. The lowest BCUT2D eigenvalue weighted by Crippen LogP contribution is -2.10. The molecular weight excluding hydrogens is 280 g/mol. The molecule has 0 aliphatic heterocycles. The Morgan fingerprint density at radius 2 is 2.19 bits per heavy atom. The standard InChI is InChI=1S/C9H11BrN2O4/c1-3-16-9(15)8-7(10)5(4-6(13)14)11-12(8)2/h3-4H2,1-2H3,(H,13,14). The van der Waals surface area contributed by atoms with Crippen LogP contribution in [0, 0.1) is 0 Å². The normalized spacial score (nSPS) is 10.2. The predicted molar refractivity (Wildman–Crippen MR) is 58.2 cm³/mol. The van der Waals surface area contributed by atoms with Crippen molar-refractivity contribution in [1.82, 2.24) is 9.78 Å². The molecule has 1 N–H and O–H groups in total. The van der Waals surface area contributed by atoms with E-state index in [2.05, 4.69) is 21.0 Å². The van der Waals surface area contributed by atoms with Gasteiger partial charge in [-0.3, -0.25) is 9.48 Å². The number of hydrogen-bond donors (Lipinski definition) is 1. The van der Waals surface area contributed by atoms with Crippen LogP contribution in [0.3, 0.4) is 0 Å². The third kappa shape index (κ3) is 2.60. The fourth-order valence-electron chi connectivity index (χ4n) is 1.23. The summed E-state index contributed by atoms with van der Waals surface area (Å²) in [5.74, 6) is -1.53. The average molecular weight is 291 g/mol. The van der Waals surface area contributed by atoms with Gasteiger partial charge in [0.25, 0.3) is 0 Å². The number of rotatable bonds is 4. The highest BCUT2D eigenvalue weighted by Gasteiger charge is 2.22. The van der Waals surface area contributed by atoms with Crippen LogP contribution in [0.2, 0.25) is 0 Å². The van der Waals surface area contributed by atoms with Crippen LogP contribution in [0.25, 0.3) is 0 Å². The van der Waals surface area contributed by atoms with Gasteiger partial charge in [0.1, 0.15) is 0 Å². The number of ether oxygens (including phenoxy) is 1. The van der Waals surface area contributed by atoms with Gasteiger partial charge in [-0.1, -0.05) is 0 Å². The summed E-state index contributed by atoms with van der Waals surface area (Å²) >= 11 is 3.15. The number of carbonyl (C=O) groups excluding carboxylic acids is 1. The summed E-state index contributed by atoms with van der Waals surface area (Å²) in [5.41, 5.74) is 0.524. The molecule has 0 saturated carbocycles. The molecule has 0 bridgehead atoms. The highest BCUT2D eigenvalue weighted by Crippen LogP contribution is 2.22. The number of aromatic nitrogens is 2. The highest BCUT2D eigenvalue weighted by molar-refractivity contribution is 9.10. The largest absolute Gasteiger partial charge is 0.481 e. The highest BCUT2D eigenvalue weighted by atomic mass is 79.9. The molecule has 0 aliphatic rings. The third-order valence-corrected chi connectivity index (χ3v) is 2.68. The number of esters is 1. The van der Waals surface area contributed by atoms with Crippen LogP contribution in [0.15, 0.2) is 4.47 Å². The van der Waals surface area contributed by atoms with E-state index in [-0.39, 0.29) is 18.7 Å². The van der Waals surface area contributed by atoms with Crippen LogP contribution >= 0.6 is 15.9 Å². The SMILES string of the molecule is CCOC(=O)c1c(Br)c(CC(=O)O)nn1C. The Hall–Kier alpha value is -1.37. The van der Waals surface area contributed by atoms with E-state index in [0.29, 0.717) is 10.2 Å². The van der Waals surface area contributed by atoms with E-state index in [4.69, 9.17) is 9.84 Å². The Morgan fingerprint density at radius 1 is 1.56 bits per heavy atom. The number of nitrogens with zero attached hydrogens (tertiary/aromatic N) is 2. The molecule has 7 heteroatoms. The quantitative estimate of drug-likeness (QED) is 0.836. The smallest absolute Gasteiger partial charge is 0.357 e. The van der Waals surface area contributed by atoms with E-state index in [1.54, 1.807) is 14.0 Å². The van der Waals surface area contributed by atoms with Crippen LogP contribution in [-0.4, -0.2) is 33.4 Å². The minimum atomic E-state index is -1.01. The molecule has 6 nitrogen and oxygen atoms in total. The molecule has 16 heavy (non-hydrogen) atoms. The lowest BCUT2D eigenvalue weighted by molar-refractivity contribution is -0.136. The molecular formula is C9H11BrN2O4. The molecule has 0 amide bonds. The van der Waals surface area contributed by atoms with Gasteiger partial charge in [0.15, 0.2) is 5.69 Å². The number of hydrogen-bond acceptors (Lipinski definition) is 4. The van der Waals surface area contributed by atoms with Crippen LogP contribution in [0.5, 0.6) is 0 Å². The first-order chi connectivity index (χ1) is 7.47. The van der Waals surface area contributed by atoms with Gasteiger partial charge in [0, 0.05) is 7.05 Å². The van der Waals surface area contributed by atoms with Crippen molar-refractivity contribution in [3.05, 3.63) is 15.9 Å². The molecule has 1 aromatic rings. The van der Waals surface area contributed by atoms with Crippen LogP contribution in [-0.2, 0) is 23.0 Å². The van der Waals surface area contributed by atoms with Crippen molar-refractivity contribution in [2.24, 2.45) is 7.05 Å². The molecule has 88 valence electrons. The third-order valence-electron chi connectivity index (χ3n) is 1.84. The van der Waals surface area contributed by atoms with E-state index in [0.717, 1.165) is 0 Å². The lowest BCUT2D eigenvalue weighted by atomic mass is 10.3. The van der Waals surface area contributed by atoms with Crippen molar-refractivity contribution in [3.8, 4) is 0 Å². The molecule has 0 spiro atoms.